The number of likely N-dealkylation sites (tertiary alicyclic amines) is 1. The highest BCUT2D eigenvalue weighted by Gasteiger charge is 2.28. The van der Waals surface area contributed by atoms with E-state index in [0.717, 1.165) is 12.8 Å². The van der Waals surface area contributed by atoms with E-state index in [4.69, 9.17) is 5.73 Å². The highest BCUT2D eigenvalue weighted by atomic mass is 19.1. The molecule has 1 fully saturated rings. The van der Waals surface area contributed by atoms with Crippen LogP contribution in [0.25, 0.3) is 0 Å². The van der Waals surface area contributed by atoms with Gasteiger partial charge in [-0.15, -0.1) is 0 Å². The maximum absolute atomic E-state index is 12.9. The van der Waals surface area contributed by atoms with Crippen molar-refractivity contribution in [3.05, 3.63) is 35.6 Å². The number of hydrogen-bond acceptors (Lipinski definition) is 3. The van der Waals surface area contributed by atoms with E-state index in [1.54, 1.807) is 4.90 Å². The normalized spacial score (nSPS) is 19.8. The lowest BCUT2D eigenvalue weighted by Crippen LogP contribution is -2.42. The molecule has 2 rings (SSSR count). The summed E-state index contributed by atoms with van der Waals surface area (Å²) >= 11 is 0. The number of carbonyl (C=O) groups excluding carboxylic acids is 2. The van der Waals surface area contributed by atoms with Gasteiger partial charge in [0.15, 0.2) is 5.78 Å². The lowest BCUT2D eigenvalue weighted by atomic mass is 9.90. The summed E-state index contributed by atoms with van der Waals surface area (Å²) < 4.78 is 12.9. The van der Waals surface area contributed by atoms with Crippen LogP contribution in [0.5, 0.6) is 0 Å². The maximum atomic E-state index is 12.9. The van der Waals surface area contributed by atoms with Crippen LogP contribution in [0.2, 0.25) is 0 Å². The molecule has 2 atom stereocenters. The number of ketones is 1. The summed E-state index contributed by atoms with van der Waals surface area (Å²) in [5.74, 6) is -0.495. The zero-order valence-electron chi connectivity index (χ0n) is 12.9. The topological polar surface area (TPSA) is 63.4 Å². The smallest absolute Gasteiger partial charge is 0.222 e. The third-order valence-corrected chi connectivity index (χ3v) is 4.09. The molecule has 1 aromatic carbocycles. The Hall–Kier alpha value is -1.75. The highest BCUT2D eigenvalue weighted by molar-refractivity contribution is 5.98. The van der Waals surface area contributed by atoms with E-state index in [1.165, 1.54) is 24.3 Å². The molecule has 0 aromatic heterocycles. The van der Waals surface area contributed by atoms with Crippen molar-refractivity contribution in [1.29, 1.82) is 0 Å². The molecule has 22 heavy (non-hydrogen) atoms. The first-order valence-electron chi connectivity index (χ1n) is 7.80. The Morgan fingerprint density at radius 1 is 1.36 bits per heavy atom. The minimum Gasteiger partial charge on any atom is -0.342 e. The molecule has 1 aliphatic heterocycles. The summed E-state index contributed by atoms with van der Waals surface area (Å²) in [4.78, 5) is 26.4. The number of benzene rings is 1. The minimum absolute atomic E-state index is 0.00499. The van der Waals surface area contributed by atoms with Gasteiger partial charge in [0.2, 0.25) is 5.91 Å². The molecule has 1 saturated heterocycles. The van der Waals surface area contributed by atoms with Crippen molar-refractivity contribution in [2.24, 2.45) is 11.7 Å². The fraction of sp³-hybridized carbons (Fsp3) is 0.529. The SMILES string of the molecule is CC(N)CCC(=O)N1CCCC(C(=O)c2ccc(F)cc2)C1. The molecule has 2 N–H and O–H groups in total. The highest BCUT2D eigenvalue weighted by Crippen LogP contribution is 2.22. The zero-order valence-corrected chi connectivity index (χ0v) is 12.9. The first kappa shape index (κ1) is 16.6. The number of Topliss-reactive ketones (excluding diaryl/α,β-unsaturated/α-hetero) is 1. The van der Waals surface area contributed by atoms with Crippen LogP contribution < -0.4 is 5.73 Å². The second-order valence-electron chi connectivity index (χ2n) is 6.07. The summed E-state index contributed by atoms with van der Waals surface area (Å²) in [7, 11) is 0. The monoisotopic (exact) mass is 306 g/mol. The van der Waals surface area contributed by atoms with Crippen molar-refractivity contribution in [3.63, 3.8) is 0 Å². The van der Waals surface area contributed by atoms with Crippen molar-refractivity contribution >= 4 is 11.7 Å². The summed E-state index contributed by atoms with van der Waals surface area (Å²) in [6.07, 6.45) is 2.68. The van der Waals surface area contributed by atoms with Crippen molar-refractivity contribution in [3.8, 4) is 0 Å². The first-order chi connectivity index (χ1) is 10.5. The summed E-state index contributed by atoms with van der Waals surface area (Å²) in [5, 5.41) is 0. The molecule has 0 radical (unpaired) electrons. The lowest BCUT2D eigenvalue weighted by Gasteiger charge is -2.32. The molecule has 0 bridgehead atoms. The van der Waals surface area contributed by atoms with Gasteiger partial charge in [0.25, 0.3) is 0 Å². The van der Waals surface area contributed by atoms with Crippen LogP contribution in [0.15, 0.2) is 24.3 Å². The number of halogens is 1. The molecule has 0 aliphatic carbocycles. The Labute approximate surface area is 130 Å². The first-order valence-corrected chi connectivity index (χ1v) is 7.80. The third-order valence-electron chi connectivity index (χ3n) is 4.09. The van der Waals surface area contributed by atoms with Crippen molar-refractivity contribution in [1.82, 2.24) is 4.90 Å². The Morgan fingerprint density at radius 3 is 2.68 bits per heavy atom. The van der Waals surface area contributed by atoms with Gasteiger partial charge in [-0.05, 0) is 50.5 Å². The van der Waals surface area contributed by atoms with Gasteiger partial charge in [0, 0.05) is 37.0 Å². The van der Waals surface area contributed by atoms with E-state index in [9.17, 15) is 14.0 Å². The van der Waals surface area contributed by atoms with Gasteiger partial charge in [-0.25, -0.2) is 4.39 Å². The Kier molecular flexibility index (Phi) is 5.66. The van der Waals surface area contributed by atoms with Gasteiger partial charge in [-0.1, -0.05) is 0 Å². The molecule has 4 nitrogen and oxygen atoms in total. The molecular weight excluding hydrogens is 283 g/mol. The van der Waals surface area contributed by atoms with Gasteiger partial charge in [0.05, 0.1) is 0 Å². The molecule has 1 heterocycles. The number of rotatable bonds is 5. The Balaban J connectivity index is 1.96. The minimum atomic E-state index is -0.354. The van der Waals surface area contributed by atoms with Crippen molar-refractivity contribution in [2.45, 2.75) is 38.6 Å². The van der Waals surface area contributed by atoms with Gasteiger partial charge in [-0.3, -0.25) is 9.59 Å². The average molecular weight is 306 g/mol. The molecule has 1 amide bonds. The molecule has 1 aliphatic rings. The van der Waals surface area contributed by atoms with Crippen LogP contribution in [-0.2, 0) is 4.79 Å². The predicted molar refractivity (Wildman–Crippen MR) is 82.9 cm³/mol. The van der Waals surface area contributed by atoms with Gasteiger partial charge in [0.1, 0.15) is 5.82 Å². The quantitative estimate of drug-likeness (QED) is 0.850. The van der Waals surface area contributed by atoms with Gasteiger partial charge < -0.3 is 10.6 Å². The van der Waals surface area contributed by atoms with E-state index in [0.29, 0.717) is 31.5 Å². The molecule has 0 spiro atoms. The molecule has 1 aromatic rings. The Bertz CT molecular complexity index is 528. The molecule has 2 unspecified atom stereocenters. The molecule has 120 valence electrons. The standard InChI is InChI=1S/C17H23FN2O2/c1-12(19)4-9-16(21)20-10-2-3-14(11-20)17(22)13-5-7-15(18)8-6-13/h5-8,12,14H,2-4,9-11,19H2,1H3. The van der Waals surface area contributed by atoms with Crippen LogP contribution in [-0.4, -0.2) is 35.7 Å². The number of nitrogens with zero attached hydrogens (tertiary/aromatic N) is 1. The average Bonchev–Trinajstić information content (AvgIpc) is 2.52. The van der Waals surface area contributed by atoms with Crippen LogP contribution in [0.1, 0.15) is 43.0 Å². The molecule has 5 heteroatoms. The largest absolute Gasteiger partial charge is 0.342 e. The second-order valence-corrected chi connectivity index (χ2v) is 6.07. The van der Waals surface area contributed by atoms with Crippen LogP contribution in [0, 0.1) is 11.7 Å². The lowest BCUT2D eigenvalue weighted by molar-refractivity contribution is -0.132. The summed E-state index contributed by atoms with van der Waals surface area (Å²) in [6, 6.07) is 5.61. The van der Waals surface area contributed by atoms with Crippen LogP contribution in [0.3, 0.4) is 0 Å². The fourth-order valence-electron chi connectivity index (χ4n) is 2.78. The molecule has 0 saturated carbocycles. The van der Waals surface area contributed by atoms with E-state index in [2.05, 4.69) is 0 Å². The van der Waals surface area contributed by atoms with Crippen LogP contribution in [0.4, 0.5) is 4.39 Å². The number of hydrogen-bond donors (Lipinski definition) is 1. The predicted octanol–water partition coefficient (Wildman–Crippen LogP) is 2.37. The third kappa shape index (κ3) is 4.37. The van der Waals surface area contributed by atoms with E-state index in [1.807, 2.05) is 6.92 Å². The van der Waals surface area contributed by atoms with E-state index in [-0.39, 0.29) is 29.5 Å². The molecular formula is C17H23FN2O2. The summed E-state index contributed by atoms with van der Waals surface area (Å²) in [5.41, 5.74) is 6.19. The van der Waals surface area contributed by atoms with E-state index < -0.39 is 0 Å². The van der Waals surface area contributed by atoms with E-state index >= 15 is 0 Å². The van der Waals surface area contributed by atoms with Crippen molar-refractivity contribution in [2.75, 3.05) is 13.1 Å². The number of nitrogens with two attached hydrogens (primary N) is 1. The number of piperidine rings is 1. The van der Waals surface area contributed by atoms with Crippen LogP contribution >= 0.6 is 0 Å². The van der Waals surface area contributed by atoms with Crippen molar-refractivity contribution < 1.29 is 14.0 Å². The number of carbonyl (C=O) groups is 2. The van der Waals surface area contributed by atoms with Gasteiger partial charge >= 0.3 is 0 Å². The zero-order chi connectivity index (χ0) is 16.1. The fourth-order valence-corrected chi connectivity index (χ4v) is 2.78. The second kappa shape index (κ2) is 7.49. The Morgan fingerprint density at radius 2 is 2.05 bits per heavy atom. The van der Waals surface area contributed by atoms with Gasteiger partial charge in [-0.2, -0.15) is 0 Å². The summed E-state index contributed by atoms with van der Waals surface area (Å²) in [6.45, 7) is 3.03. The maximum Gasteiger partial charge on any atom is 0.222 e. The number of amides is 1.